The van der Waals surface area contributed by atoms with Crippen LogP contribution in [0.4, 0.5) is 10.3 Å². The molecule has 3 rings (SSSR count). The summed E-state index contributed by atoms with van der Waals surface area (Å²) in [5, 5.41) is 9.18. The number of aromatic nitrogens is 4. The predicted molar refractivity (Wildman–Crippen MR) is 70.8 cm³/mol. The topological polar surface area (TPSA) is 83.6 Å². The summed E-state index contributed by atoms with van der Waals surface area (Å²) in [4.78, 5) is 20.3. The number of aryl methyl sites for hydroxylation is 1. The van der Waals surface area contributed by atoms with E-state index in [1.807, 2.05) is 0 Å². The zero-order valence-electron chi connectivity index (χ0n) is 10.5. The van der Waals surface area contributed by atoms with E-state index in [0.29, 0.717) is 22.2 Å². The maximum atomic E-state index is 13.4. The van der Waals surface area contributed by atoms with Crippen LogP contribution < -0.4 is 5.32 Å². The number of hydrogen-bond donors (Lipinski definition) is 2. The number of H-pyrrole nitrogens is 1. The van der Waals surface area contributed by atoms with Crippen molar-refractivity contribution in [2.24, 2.45) is 0 Å². The number of nitrogens with one attached hydrogen (secondary N) is 2. The SMILES string of the molecule is Cc1cc(C(=O)Nc2ncn[nH]2)c2cc(F)ccc2n1. The van der Waals surface area contributed by atoms with Crippen LogP contribution in [0.5, 0.6) is 0 Å². The molecule has 20 heavy (non-hydrogen) atoms. The molecule has 1 amide bonds. The van der Waals surface area contributed by atoms with Crippen molar-refractivity contribution >= 4 is 22.8 Å². The van der Waals surface area contributed by atoms with E-state index in [4.69, 9.17) is 0 Å². The average Bonchev–Trinajstić information content (AvgIpc) is 2.91. The number of benzene rings is 1. The number of fused-ring (bicyclic) bond motifs is 1. The molecule has 1 aromatic carbocycles. The monoisotopic (exact) mass is 271 g/mol. The van der Waals surface area contributed by atoms with Crippen LogP contribution in [-0.4, -0.2) is 26.1 Å². The molecule has 100 valence electrons. The smallest absolute Gasteiger partial charge is 0.258 e. The summed E-state index contributed by atoms with van der Waals surface area (Å²) < 4.78 is 13.4. The molecule has 6 nitrogen and oxygen atoms in total. The fourth-order valence-corrected chi connectivity index (χ4v) is 1.96. The Labute approximate surface area is 113 Å². The van der Waals surface area contributed by atoms with Crippen molar-refractivity contribution < 1.29 is 9.18 Å². The number of nitrogens with zero attached hydrogens (tertiary/aromatic N) is 3. The number of anilines is 1. The average molecular weight is 271 g/mol. The van der Waals surface area contributed by atoms with Crippen LogP contribution in [0.15, 0.2) is 30.6 Å². The number of pyridine rings is 1. The Morgan fingerprint density at radius 2 is 2.20 bits per heavy atom. The van der Waals surface area contributed by atoms with Gasteiger partial charge in [0.05, 0.1) is 11.1 Å². The third-order valence-electron chi connectivity index (χ3n) is 2.79. The van der Waals surface area contributed by atoms with Gasteiger partial charge in [0.25, 0.3) is 5.91 Å². The fraction of sp³-hybridized carbons (Fsp3) is 0.0769. The van der Waals surface area contributed by atoms with Crippen molar-refractivity contribution in [3.63, 3.8) is 0 Å². The van der Waals surface area contributed by atoms with Gasteiger partial charge in [-0.2, -0.15) is 10.1 Å². The molecule has 3 aromatic rings. The molecule has 0 fully saturated rings. The second-order valence-electron chi connectivity index (χ2n) is 4.26. The highest BCUT2D eigenvalue weighted by Gasteiger charge is 2.14. The Kier molecular flexibility index (Phi) is 2.86. The Morgan fingerprint density at radius 3 is 2.95 bits per heavy atom. The van der Waals surface area contributed by atoms with Gasteiger partial charge in [-0.05, 0) is 31.2 Å². The molecular formula is C13H10FN5O. The quantitative estimate of drug-likeness (QED) is 0.747. The summed E-state index contributed by atoms with van der Waals surface area (Å²) in [6.45, 7) is 1.77. The van der Waals surface area contributed by atoms with Crippen LogP contribution >= 0.6 is 0 Å². The van der Waals surface area contributed by atoms with E-state index in [2.05, 4.69) is 25.5 Å². The third-order valence-corrected chi connectivity index (χ3v) is 2.79. The molecule has 7 heteroatoms. The van der Waals surface area contributed by atoms with Crippen molar-refractivity contribution in [3.05, 3.63) is 47.7 Å². The first-order valence-electron chi connectivity index (χ1n) is 5.87. The molecular weight excluding hydrogens is 261 g/mol. The minimum absolute atomic E-state index is 0.231. The van der Waals surface area contributed by atoms with Gasteiger partial charge in [-0.25, -0.2) is 9.49 Å². The first kappa shape index (κ1) is 12.2. The molecule has 2 heterocycles. The summed E-state index contributed by atoms with van der Waals surface area (Å²) in [7, 11) is 0. The highest BCUT2D eigenvalue weighted by atomic mass is 19.1. The number of carbonyl (C=O) groups excluding carboxylic acids is 1. The van der Waals surface area contributed by atoms with Gasteiger partial charge in [-0.1, -0.05) is 0 Å². The van der Waals surface area contributed by atoms with Crippen LogP contribution in [0.25, 0.3) is 10.9 Å². The summed E-state index contributed by atoms with van der Waals surface area (Å²) >= 11 is 0. The van der Waals surface area contributed by atoms with E-state index >= 15 is 0 Å². The van der Waals surface area contributed by atoms with Crippen molar-refractivity contribution in [2.45, 2.75) is 6.92 Å². The third kappa shape index (κ3) is 2.20. The second-order valence-corrected chi connectivity index (χ2v) is 4.26. The zero-order valence-corrected chi connectivity index (χ0v) is 10.5. The highest BCUT2D eigenvalue weighted by molar-refractivity contribution is 6.11. The number of rotatable bonds is 2. The molecule has 0 bridgehead atoms. The number of aromatic amines is 1. The molecule has 0 spiro atoms. The van der Waals surface area contributed by atoms with Crippen molar-refractivity contribution in [1.29, 1.82) is 0 Å². The van der Waals surface area contributed by atoms with E-state index in [1.54, 1.807) is 19.1 Å². The van der Waals surface area contributed by atoms with Crippen LogP contribution in [0, 0.1) is 12.7 Å². The highest BCUT2D eigenvalue weighted by Crippen LogP contribution is 2.20. The maximum Gasteiger partial charge on any atom is 0.258 e. The van der Waals surface area contributed by atoms with Gasteiger partial charge in [-0.15, -0.1) is 0 Å². The molecule has 0 atom stereocenters. The Hall–Kier alpha value is -2.83. The predicted octanol–water partition coefficient (Wildman–Crippen LogP) is 2.05. The molecule has 0 aliphatic carbocycles. The fourth-order valence-electron chi connectivity index (χ4n) is 1.96. The van der Waals surface area contributed by atoms with Gasteiger partial charge in [0.1, 0.15) is 12.1 Å². The van der Waals surface area contributed by atoms with Crippen LogP contribution in [-0.2, 0) is 0 Å². The molecule has 0 radical (unpaired) electrons. The lowest BCUT2D eigenvalue weighted by atomic mass is 10.1. The normalized spacial score (nSPS) is 10.7. The minimum atomic E-state index is -0.420. The molecule has 0 aliphatic heterocycles. The van der Waals surface area contributed by atoms with Gasteiger partial charge < -0.3 is 0 Å². The summed E-state index contributed by atoms with van der Waals surface area (Å²) in [6, 6.07) is 5.75. The Balaban J connectivity index is 2.09. The number of halogens is 1. The van der Waals surface area contributed by atoms with Crippen LogP contribution in [0.1, 0.15) is 16.1 Å². The lowest BCUT2D eigenvalue weighted by Gasteiger charge is -2.07. The molecule has 2 aromatic heterocycles. The lowest BCUT2D eigenvalue weighted by molar-refractivity contribution is 0.102. The van der Waals surface area contributed by atoms with Gasteiger partial charge in [0.2, 0.25) is 5.95 Å². The summed E-state index contributed by atoms with van der Waals surface area (Å²) in [5.41, 5.74) is 1.57. The number of carbonyl (C=O) groups is 1. The van der Waals surface area contributed by atoms with Crippen molar-refractivity contribution in [3.8, 4) is 0 Å². The van der Waals surface area contributed by atoms with Gasteiger partial charge in [-0.3, -0.25) is 15.1 Å². The number of hydrogen-bond acceptors (Lipinski definition) is 4. The van der Waals surface area contributed by atoms with Gasteiger partial charge in [0, 0.05) is 11.1 Å². The van der Waals surface area contributed by atoms with Crippen molar-refractivity contribution in [2.75, 3.05) is 5.32 Å². The first-order chi connectivity index (χ1) is 9.63. The van der Waals surface area contributed by atoms with E-state index in [9.17, 15) is 9.18 Å². The van der Waals surface area contributed by atoms with Crippen molar-refractivity contribution in [1.82, 2.24) is 20.2 Å². The lowest BCUT2D eigenvalue weighted by Crippen LogP contribution is -2.14. The molecule has 0 saturated carbocycles. The molecule has 0 aliphatic rings. The molecule has 2 N–H and O–H groups in total. The second kappa shape index (κ2) is 4.69. The molecule has 0 saturated heterocycles. The number of amides is 1. The summed E-state index contributed by atoms with van der Waals surface area (Å²) in [5.74, 6) is -0.589. The van der Waals surface area contributed by atoms with Crippen LogP contribution in [0.2, 0.25) is 0 Å². The van der Waals surface area contributed by atoms with E-state index in [1.165, 1.54) is 18.5 Å². The standard InChI is InChI=1S/C13H10FN5O/c1-7-4-10(12(20)18-13-15-6-16-19-13)9-5-8(14)2-3-11(9)17-7/h2-6H,1H3,(H2,15,16,18,19,20). The van der Waals surface area contributed by atoms with Crippen LogP contribution in [0.3, 0.4) is 0 Å². The Morgan fingerprint density at radius 1 is 1.35 bits per heavy atom. The minimum Gasteiger partial charge on any atom is -0.291 e. The van der Waals surface area contributed by atoms with E-state index in [0.717, 1.165) is 0 Å². The van der Waals surface area contributed by atoms with E-state index < -0.39 is 11.7 Å². The zero-order chi connectivity index (χ0) is 14.1. The largest absolute Gasteiger partial charge is 0.291 e. The van der Waals surface area contributed by atoms with Gasteiger partial charge in [0.15, 0.2) is 0 Å². The summed E-state index contributed by atoms with van der Waals surface area (Å²) in [6.07, 6.45) is 1.28. The first-order valence-corrected chi connectivity index (χ1v) is 5.87. The molecule has 0 unspecified atom stereocenters. The Bertz CT molecular complexity index is 785. The maximum absolute atomic E-state index is 13.4. The van der Waals surface area contributed by atoms with E-state index in [-0.39, 0.29) is 5.95 Å². The van der Waals surface area contributed by atoms with Gasteiger partial charge >= 0.3 is 0 Å².